The third kappa shape index (κ3) is 2.95. The summed E-state index contributed by atoms with van der Waals surface area (Å²) >= 11 is 0. The SMILES string of the molecule is COC1(CCCN)C(S(C)(=O)=O)CCC[Si]1(OC)OC. The summed E-state index contributed by atoms with van der Waals surface area (Å²) in [4.78, 5) is 0. The first-order chi connectivity index (χ1) is 9.33. The Morgan fingerprint density at radius 2 is 1.90 bits per heavy atom. The predicted molar refractivity (Wildman–Crippen MR) is 80.5 cm³/mol. The van der Waals surface area contributed by atoms with Crippen molar-refractivity contribution in [2.75, 3.05) is 34.1 Å². The van der Waals surface area contributed by atoms with E-state index in [-0.39, 0.29) is 0 Å². The molecule has 1 rings (SSSR count). The molecule has 0 aliphatic carbocycles. The standard InChI is InChI=1S/C12H27NO5SSi/c1-16-12(8-6-9-13)11(19(4,14)15)7-5-10-20(12,17-2)18-3/h11H,5-10,13H2,1-4H3. The van der Waals surface area contributed by atoms with Gasteiger partial charge in [-0.25, -0.2) is 8.42 Å². The van der Waals surface area contributed by atoms with Crippen molar-refractivity contribution in [2.24, 2.45) is 5.73 Å². The summed E-state index contributed by atoms with van der Waals surface area (Å²) in [5.74, 6) is 0. The molecule has 0 spiro atoms. The van der Waals surface area contributed by atoms with Crippen molar-refractivity contribution in [3.8, 4) is 0 Å². The molecule has 6 nitrogen and oxygen atoms in total. The molecule has 1 heterocycles. The molecule has 1 aliphatic rings. The van der Waals surface area contributed by atoms with Crippen LogP contribution in [0.25, 0.3) is 0 Å². The number of methoxy groups -OCH3 is 1. The van der Waals surface area contributed by atoms with E-state index >= 15 is 0 Å². The highest BCUT2D eigenvalue weighted by molar-refractivity contribution is 7.91. The van der Waals surface area contributed by atoms with Crippen molar-refractivity contribution in [2.45, 2.75) is 42.2 Å². The van der Waals surface area contributed by atoms with Gasteiger partial charge in [0, 0.05) is 27.6 Å². The Bertz CT molecular complexity index is 412. The molecule has 20 heavy (non-hydrogen) atoms. The Labute approximate surface area is 123 Å². The molecule has 1 aliphatic heterocycles. The van der Waals surface area contributed by atoms with Gasteiger partial charge >= 0.3 is 8.56 Å². The van der Waals surface area contributed by atoms with Crippen molar-refractivity contribution in [1.82, 2.24) is 0 Å². The van der Waals surface area contributed by atoms with Crippen LogP contribution in [0.15, 0.2) is 0 Å². The zero-order valence-electron chi connectivity index (χ0n) is 12.8. The van der Waals surface area contributed by atoms with Crippen LogP contribution in [-0.2, 0) is 23.4 Å². The van der Waals surface area contributed by atoms with Crippen LogP contribution in [0, 0.1) is 0 Å². The molecule has 0 amide bonds. The largest absolute Gasteiger partial charge is 0.396 e. The fourth-order valence-corrected chi connectivity index (χ4v) is 10.1. The maximum absolute atomic E-state index is 12.2. The zero-order chi connectivity index (χ0) is 15.4. The van der Waals surface area contributed by atoms with Crippen molar-refractivity contribution in [1.29, 1.82) is 0 Å². The summed E-state index contributed by atoms with van der Waals surface area (Å²) in [5.41, 5.74) is 5.61. The number of rotatable bonds is 7. The van der Waals surface area contributed by atoms with Crippen LogP contribution in [0.5, 0.6) is 0 Å². The molecule has 2 unspecified atom stereocenters. The Morgan fingerprint density at radius 1 is 1.30 bits per heavy atom. The molecule has 0 aromatic rings. The Balaban J connectivity index is 3.37. The predicted octanol–water partition coefficient (Wildman–Crippen LogP) is 0.592. The highest BCUT2D eigenvalue weighted by atomic mass is 32.2. The summed E-state index contributed by atoms with van der Waals surface area (Å²) < 4.78 is 41.8. The number of hydrogen-bond donors (Lipinski definition) is 1. The number of ether oxygens (including phenoxy) is 1. The van der Waals surface area contributed by atoms with E-state index in [2.05, 4.69) is 0 Å². The minimum absolute atomic E-state index is 0.486. The summed E-state index contributed by atoms with van der Waals surface area (Å²) in [6.07, 6.45) is 3.86. The second-order valence-corrected chi connectivity index (χ2v) is 11.3. The van der Waals surface area contributed by atoms with Crippen LogP contribution >= 0.6 is 0 Å². The smallest absolute Gasteiger partial charge is 0.372 e. The molecule has 2 atom stereocenters. The topological polar surface area (TPSA) is 87.9 Å². The first-order valence-corrected chi connectivity index (χ1v) is 10.9. The molecule has 1 saturated heterocycles. The van der Waals surface area contributed by atoms with Crippen LogP contribution < -0.4 is 5.73 Å². The van der Waals surface area contributed by atoms with Gasteiger partial charge in [-0.2, -0.15) is 0 Å². The maximum atomic E-state index is 12.2. The molecule has 120 valence electrons. The zero-order valence-corrected chi connectivity index (χ0v) is 14.7. The van der Waals surface area contributed by atoms with Gasteiger partial charge in [-0.1, -0.05) is 0 Å². The quantitative estimate of drug-likeness (QED) is 0.689. The van der Waals surface area contributed by atoms with Gasteiger partial charge < -0.3 is 19.3 Å². The molecular formula is C12H27NO5SSi. The van der Waals surface area contributed by atoms with E-state index in [1.165, 1.54) is 6.26 Å². The van der Waals surface area contributed by atoms with Crippen molar-refractivity contribution >= 4 is 18.4 Å². The minimum atomic E-state index is -3.26. The molecular weight excluding hydrogens is 298 g/mol. The van der Waals surface area contributed by atoms with Gasteiger partial charge in [0.05, 0.1) is 5.25 Å². The van der Waals surface area contributed by atoms with Gasteiger partial charge in [0.15, 0.2) is 9.84 Å². The van der Waals surface area contributed by atoms with Crippen LogP contribution in [0.1, 0.15) is 25.7 Å². The van der Waals surface area contributed by atoms with Crippen LogP contribution in [0.3, 0.4) is 0 Å². The van der Waals surface area contributed by atoms with E-state index < -0.39 is 28.9 Å². The Kier molecular flexibility index (Phi) is 6.18. The summed E-state index contributed by atoms with van der Waals surface area (Å²) in [6, 6.07) is 0.741. The molecule has 0 aromatic carbocycles. The lowest BCUT2D eigenvalue weighted by Crippen LogP contribution is -2.71. The van der Waals surface area contributed by atoms with E-state index in [0.717, 1.165) is 12.5 Å². The van der Waals surface area contributed by atoms with E-state index in [1.54, 1.807) is 21.3 Å². The van der Waals surface area contributed by atoms with Crippen LogP contribution in [0.4, 0.5) is 0 Å². The third-order valence-corrected chi connectivity index (χ3v) is 10.7. The van der Waals surface area contributed by atoms with Crippen LogP contribution in [-0.4, -0.2) is 61.6 Å². The van der Waals surface area contributed by atoms with E-state index in [4.69, 9.17) is 19.3 Å². The number of nitrogens with two attached hydrogens (primary N) is 1. The molecule has 0 bridgehead atoms. The number of sulfone groups is 1. The van der Waals surface area contributed by atoms with Crippen molar-refractivity contribution in [3.63, 3.8) is 0 Å². The van der Waals surface area contributed by atoms with Gasteiger partial charge in [-0.3, -0.25) is 0 Å². The molecule has 0 radical (unpaired) electrons. The minimum Gasteiger partial charge on any atom is -0.396 e. The summed E-state index contributed by atoms with van der Waals surface area (Å²) in [7, 11) is -1.29. The highest BCUT2D eigenvalue weighted by Crippen LogP contribution is 2.45. The van der Waals surface area contributed by atoms with Crippen LogP contribution in [0.2, 0.25) is 6.04 Å². The second-order valence-electron chi connectivity index (χ2n) is 5.36. The number of hydrogen-bond acceptors (Lipinski definition) is 6. The van der Waals surface area contributed by atoms with E-state index in [9.17, 15) is 8.42 Å². The van der Waals surface area contributed by atoms with Gasteiger partial charge in [0.25, 0.3) is 0 Å². The summed E-state index contributed by atoms with van der Waals surface area (Å²) in [6.45, 7) is 0.486. The normalized spacial score (nSPS) is 30.4. The van der Waals surface area contributed by atoms with E-state index in [1.807, 2.05) is 0 Å². The first-order valence-electron chi connectivity index (χ1n) is 6.88. The van der Waals surface area contributed by atoms with E-state index in [0.29, 0.717) is 25.8 Å². The van der Waals surface area contributed by atoms with Gasteiger partial charge in [-0.05, 0) is 38.3 Å². The Hall–Kier alpha value is 0.00688. The average molecular weight is 326 g/mol. The Morgan fingerprint density at radius 3 is 2.30 bits per heavy atom. The highest BCUT2D eigenvalue weighted by Gasteiger charge is 2.65. The third-order valence-electron chi connectivity index (χ3n) is 4.43. The lowest BCUT2D eigenvalue weighted by molar-refractivity contribution is -0.0123. The van der Waals surface area contributed by atoms with Crippen molar-refractivity contribution in [3.05, 3.63) is 0 Å². The maximum Gasteiger partial charge on any atom is 0.372 e. The fourth-order valence-electron chi connectivity index (χ4n) is 3.51. The lowest BCUT2D eigenvalue weighted by atomic mass is 10.0. The first kappa shape index (κ1) is 18.1. The molecule has 0 saturated carbocycles. The molecule has 2 N–H and O–H groups in total. The molecule has 1 fully saturated rings. The average Bonchev–Trinajstić information content (AvgIpc) is 2.43. The van der Waals surface area contributed by atoms with Crippen molar-refractivity contribution < 1.29 is 22.0 Å². The summed E-state index contributed by atoms with van der Waals surface area (Å²) in [5, 5.41) is -1.48. The second kappa shape index (κ2) is 6.84. The van der Waals surface area contributed by atoms with Gasteiger partial charge in [-0.15, -0.1) is 0 Å². The fraction of sp³-hybridized carbons (Fsp3) is 1.00. The van der Waals surface area contributed by atoms with Gasteiger partial charge in [0.1, 0.15) is 5.22 Å². The lowest BCUT2D eigenvalue weighted by Gasteiger charge is -2.51. The van der Waals surface area contributed by atoms with Gasteiger partial charge in [0.2, 0.25) is 0 Å². The monoisotopic (exact) mass is 325 g/mol. The molecule has 8 heteroatoms. The molecule has 0 aromatic heterocycles.